The molecular formula is C8H10O9. The summed E-state index contributed by atoms with van der Waals surface area (Å²) in [6.45, 7) is -1.19. The van der Waals surface area contributed by atoms with E-state index < -0.39 is 48.9 Å². The lowest BCUT2D eigenvalue weighted by Crippen LogP contribution is -2.47. The van der Waals surface area contributed by atoms with Gasteiger partial charge in [0.25, 0.3) is 0 Å². The van der Waals surface area contributed by atoms with E-state index in [2.05, 4.69) is 4.74 Å². The number of aliphatic carboxylic acids is 3. The Kier molecular flexibility index (Phi) is 5.06. The van der Waals surface area contributed by atoms with Crippen molar-refractivity contribution in [1.29, 1.82) is 0 Å². The smallest absolute Gasteiger partial charge is 0.349 e. The van der Waals surface area contributed by atoms with Gasteiger partial charge in [0.2, 0.25) is 5.60 Å². The molecule has 0 spiro atoms. The number of rotatable bonds is 7. The molecule has 0 unspecified atom stereocenters. The molecule has 0 aliphatic heterocycles. The second-order valence-corrected chi connectivity index (χ2v) is 3.07. The van der Waals surface area contributed by atoms with Gasteiger partial charge < -0.3 is 25.2 Å². The van der Waals surface area contributed by atoms with Crippen LogP contribution < -0.4 is 0 Å². The van der Waals surface area contributed by atoms with Crippen LogP contribution >= 0.6 is 0 Å². The van der Waals surface area contributed by atoms with E-state index in [0.717, 1.165) is 0 Å². The Balaban J connectivity index is 5.22. The predicted molar refractivity (Wildman–Crippen MR) is 48.1 cm³/mol. The molecule has 0 aliphatic carbocycles. The van der Waals surface area contributed by atoms with Crippen LogP contribution in [0.15, 0.2) is 0 Å². The molecule has 0 aromatic heterocycles. The van der Waals surface area contributed by atoms with Crippen LogP contribution in [0.25, 0.3) is 0 Å². The summed E-state index contributed by atoms with van der Waals surface area (Å²) < 4.78 is 4.22. The third-order valence-electron chi connectivity index (χ3n) is 1.70. The average Bonchev–Trinajstić information content (AvgIpc) is 2.14. The molecule has 0 saturated heterocycles. The normalized spacial score (nSPS) is 10.6. The van der Waals surface area contributed by atoms with Crippen LogP contribution in [-0.2, 0) is 23.9 Å². The largest absolute Gasteiger partial charge is 0.481 e. The summed E-state index contributed by atoms with van der Waals surface area (Å²) >= 11 is 0. The van der Waals surface area contributed by atoms with E-state index in [4.69, 9.17) is 20.4 Å². The molecule has 17 heavy (non-hydrogen) atoms. The van der Waals surface area contributed by atoms with Gasteiger partial charge in [-0.05, 0) is 0 Å². The van der Waals surface area contributed by atoms with Crippen molar-refractivity contribution in [2.75, 3.05) is 6.61 Å². The minimum absolute atomic E-state index is 1.19. The molecule has 0 amide bonds. The Labute approximate surface area is 94.2 Å². The molecule has 0 atom stereocenters. The summed E-state index contributed by atoms with van der Waals surface area (Å²) in [6, 6.07) is 0. The highest BCUT2D eigenvalue weighted by Crippen LogP contribution is 2.22. The Hall–Kier alpha value is -2.16. The van der Waals surface area contributed by atoms with Crippen LogP contribution in [0.4, 0.5) is 0 Å². The Morgan fingerprint density at radius 2 is 1.35 bits per heavy atom. The van der Waals surface area contributed by atoms with Crippen LogP contribution in [0.3, 0.4) is 0 Å². The van der Waals surface area contributed by atoms with Crippen LogP contribution in [0.2, 0.25) is 0 Å². The zero-order chi connectivity index (χ0) is 13.6. The molecule has 9 nitrogen and oxygen atoms in total. The maximum Gasteiger partial charge on any atom is 0.349 e. The van der Waals surface area contributed by atoms with E-state index in [1.54, 1.807) is 0 Å². The molecular weight excluding hydrogens is 240 g/mol. The maximum absolute atomic E-state index is 10.9. The Morgan fingerprint density at radius 1 is 0.941 bits per heavy atom. The maximum atomic E-state index is 10.9. The van der Waals surface area contributed by atoms with Gasteiger partial charge in [-0.3, -0.25) is 9.59 Å². The lowest BCUT2D eigenvalue weighted by Gasteiger charge is -2.25. The summed E-state index contributed by atoms with van der Waals surface area (Å²) in [5, 5.41) is 34.1. The van der Waals surface area contributed by atoms with Gasteiger partial charge in [0.1, 0.15) is 6.61 Å². The van der Waals surface area contributed by atoms with Gasteiger partial charge in [-0.15, -0.1) is 0 Å². The third-order valence-corrected chi connectivity index (χ3v) is 1.70. The van der Waals surface area contributed by atoms with Gasteiger partial charge in [0.15, 0.2) is 0 Å². The van der Waals surface area contributed by atoms with E-state index in [1.807, 2.05) is 0 Å². The second-order valence-electron chi connectivity index (χ2n) is 3.07. The van der Waals surface area contributed by atoms with Crippen LogP contribution in [0, 0.1) is 0 Å². The van der Waals surface area contributed by atoms with Crippen molar-refractivity contribution in [3.8, 4) is 0 Å². The highest BCUT2D eigenvalue weighted by atomic mass is 16.6. The van der Waals surface area contributed by atoms with Crippen LogP contribution in [-0.4, -0.2) is 56.5 Å². The first-order valence-electron chi connectivity index (χ1n) is 4.23. The molecule has 0 saturated carbocycles. The Morgan fingerprint density at radius 3 is 1.59 bits per heavy atom. The van der Waals surface area contributed by atoms with Crippen molar-refractivity contribution in [2.45, 2.75) is 18.4 Å². The lowest BCUT2D eigenvalue weighted by atomic mass is 9.95. The van der Waals surface area contributed by atoms with Crippen LogP contribution in [0.5, 0.6) is 0 Å². The summed E-state index contributed by atoms with van der Waals surface area (Å²) in [6.07, 6.45) is -2.44. The SMILES string of the molecule is O=C(O)CC(CC(=O)O)(OC(=O)CO)C(=O)O. The molecule has 0 bridgehead atoms. The number of carboxylic acids is 3. The van der Waals surface area contributed by atoms with E-state index in [1.165, 1.54) is 0 Å². The number of aliphatic hydroxyl groups is 1. The van der Waals surface area contributed by atoms with Crippen molar-refractivity contribution in [3.63, 3.8) is 0 Å². The molecule has 0 aromatic carbocycles. The third kappa shape index (κ3) is 4.47. The van der Waals surface area contributed by atoms with E-state index in [9.17, 15) is 19.2 Å². The number of carboxylic acid groups (broad SMARTS) is 3. The van der Waals surface area contributed by atoms with Gasteiger partial charge in [-0.2, -0.15) is 0 Å². The fourth-order valence-electron chi connectivity index (χ4n) is 1.07. The quantitative estimate of drug-likeness (QED) is 0.386. The van der Waals surface area contributed by atoms with E-state index in [-0.39, 0.29) is 0 Å². The Bertz CT molecular complexity index is 329. The molecule has 4 N–H and O–H groups in total. The van der Waals surface area contributed by atoms with Crippen molar-refractivity contribution < 1.29 is 44.3 Å². The minimum Gasteiger partial charge on any atom is -0.481 e. The topological polar surface area (TPSA) is 158 Å². The summed E-state index contributed by atoms with van der Waals surface area (Å²) in [4.78, 5) is 42.6. The van der Waals surface area contributed by atoms with Gasteiger partial charge in [0.05, 0.1) is 12.8 Å². The van der Waals surface area contributed by atoms with Crippen molar-refractivity contribution >= 4 is 23.9 Å². The molecule has 0 heterocycles. The predicted octanol–water partition coefficient (Wildman–Crippen LogP) is -1.71. The number of aliphatic hydroxyl groups excluding tert-OH is 1. The van der Waals surface area contributed by atoms with Crippen molar-refractivity contribution in [3.05, 3.63) is 0 Å². The van der Waals surface area contributed by atoms with Crippen LogP contribution in [0.1, 0.15) is 12.8 Å². The first kappa shape index (κ1) is 14.8. The summed E-state index contributed by atoms with van der Waals surface area (Å²) in [7, 11) is 0. The van der Waals surface area contributed by atoms with E-state index in [0.29, 0.717) is 0 Å². The lowest BCUT2D eigenvalue weighted by molar-refractivity contribution is -0.187. The number of hydrogen-bond donors (Lipinski definition) is 4. The monoisotopic (exact) mass is 250 g/mol. The van der Waals surface area contributed by atoms with Gasteiger partial charge >= 0.3 is 23.9 Å². The average molecular weight is 250 g/mol. The number of carbonyl (C=O) groups excluding carboxylic acids is 1. The number of hydrogen-bond acceptors (Lipinski definition) is 6. The van der Waals surface area contributed by atoms with Crippen molar-refractivity contribution in [1.82, 2.24) is 0 Å². The minimum atomic E-state index is -2.72. The standard InChI is InChI=1S/C8H10O9/c9-3-6(14)17-8(7(15)16,1-4(10)11)2-5(12)13/h9H,1-3H2,(H,10,11)(H,12,13)(H,15,16). The first-order chi connectivity index (χ1) is 7.73. The van der Waals surface area contributed by atoms with Gasteiger partial charge in [0, 0.05) is 0 Å². The highest BCUT2D eigenvalue weighted by molar-refractivity contribution is 5.90. The first-order valence-corrected chi connectivity index (χ1v) is 4.23. The van der Waals surface area contributed by atoms with Crippen molar-refractivity contribution in [2.24, 2.45) is 0 Å². The highest BCUT2D eigenvalue weighted by Gasteiger charge is 2.47. The molecule has 0 aliphatic rings. The summed E-state index contributed by atoms with van der Waals surface area (Å²) in [5.74, 6) is -6.64. The molecule has 96 valence electrons. The number of esters is 1. The fraction of sp³-hybridized carbons (Fsp3) is 0.500. The van der Waals surface area contributed by atoms with Gasteiger partial charge in [-0.25, -0.2) is 9.59 Å². The zero-order valence-corrected chi connectivity index (χ0v) is 8.45. The summed E-state index contributed by atoms with van der Waals surface area (Å²) in [5.41, 5.74) is -2.72. The molecule has 0 radical (unpaired) electrons. The van der Waals surface area contributed by atoms with E-state index >= 15 is 0 Å². The fourth-order valence-corrected chi connectivity index (χ4v) is 1.07. The molecule has 0 fully saturated rings. The second kappa shape index (κ2) is 5.80. The molecule has 9 heteroatoms. The molecule has 0 rings (SSSR count). The number of ether oxygens (including phenoxy) is 1. The number of carbonyl (C=O) groups is 4. The molecule has 0 aromatic rings. The zero-order valence-electron chi connectivity index (χ0n) is 8.45. The van der Waals surface area contributed by atoms with Gasteiger partial charge in [-0.1, -0.05) is 0 Å².